The lowest BCUT2D eigenvalue weighted by molar-refractivity contribution is -0.143. The van der Waals surface area contributed by atoms with Gasteiger partial charge in [0.15, 0.2) is 5.78 Å². The monoisotopic (exact) mass is 437 g/mol. The molecule has 0 radical (unpaired) electrons. The Bertz CT molecular complexity index is 1180. The Hall–Kier alpha value is -3.06. The fourth-order valence-corrected chi connectivity index (χ4v) is 4.10. The lowest BCUT2D eigenvalue weighted by atomic mass is 9.93. The summed E-state index contributed by atoms with van der Waals surface area (Å²) in [6.07, 6.45) is 2.60. The number of aryl methyl sites for hydroxylation is 2. The van der Waals surface area contributed by atoms with Crippen molar-refractivity contribution < 1.29 is 18.7 Å². The van der Waals surface area contributed by atoms with Crippen LogP contribution in [0.15, 0.2) is 30.5 Å². The zero-order valence-corrected chi connectivity index (χ0v) is 18.9. The van der Waals surface area contributed by atoms with Crippen LogP contribution in [0.5, 0.6) is 0 Å². The summed E-state index contributed by atoms with van der Waals surface area (Å²) >= 11 is 0. The average Bonchev–Trinajstić information content (AvgIpc) is 3.10. The predicted molar refractivity (Wildman–Crippen MR) is 120 cm³/mol. The van der Waals surface area contributed by atoms with E-state index in [-0.39, 0.29) is 24.2 Å². The first-order valence-electron chi connectivity index (χ1n) is 11.0. The van der Waals surface area contributed by atoms with Gasteiger partial charge in [-0.25, -0.2) is 9.37 Å². The molecule has 1 amide bonds. The van der Waals surface area contributed by atoms with Gasteiger partial charge in [-0.3, -0.25) is 9.59 Å². The minimum atomic E-state index is -0.480. The molecule has 0 N–H and O–H groups in total. The van der Waals surface area contributed by atoms with Crippen LogP contribution in [0.25, 0.3) is 16.9 Å². The molecule has 1 saturated heterocycles. The summed E-state index contributed by atoms with van der Waals surface area (Å²) in [5, 5.41) is 0. The molecule has 3 heterocycles. The molecule has 32 heavy (non-hydrogen) atoms. The molecule has 4 rings (SSSR count). The summed E-state index contributed by atoms with van der Waals surface area (Å²) in [5.41, 5.74) is 4.34. The van der Waals surface area contributed by atoms with Crippen molar-refractivity contribution in [2.45, 2.75) is 40.7 Å². The second kappa shape index (κ2) is 8.82. The van der Waals surface area contributed by atoms with Gasteiger partial charge < -0.3 is 14.0 Å². The van der Waals surface area contributed by atoms with Crippen LogP contribution in [-0.2, 0) is 16.1 Å². The molecule has 2 aromatic heterocycles. The lowest BCUT2D eigenvalue weighted by Crippen LogP contribution is -2.41. The Labute approximate surface area is 187 Å². The van der Waals surface area contributed by atoms with Crippen LogP contribution in [0.4, 0.5) is 4.39 Å². The van der Waals surface area contributed by atoms with Crippen LogP contribution in [0.1, 0.15) is 47.4 Å². The molecule has 1 unspecified atom stereocenters. The summed E-state index contributed by atoms with van der Waals surface area (Å²) in [6.45, 7) is 8.85. The van der Waals surface area contributed by atoms with E-state index in [1.807, 2.05) is 43.5 Å². The van der Waals surface area contributed by atoms with Gasteiger partial charge in [-0.05, 0) is 55.7 Å². The fourth-order valence-electron chi connectivity index (χ4n) is 4.10. The standard InChI is InChI=1S/C25H28FN3O3/c1-5-16(3)25(31)18-11-17(4)23(19(26)12-18)24-20(13-28-8-9-32-14-22(28)30)29-7-6-15(2)10-21(29)27-24/h6-7,10-12,16H,5,8-9,13-14H2,1-4H3. The van der Waals surface area contributed by atoms with Crippen molar-refractivity contribution in [1.29, 1.82) is 0 Å². The number of nitrogens with zero attached hydrogens (tertiary/aromatic N) is 3. The van der Waals surface area contributed by atoms with E-state index in [1.165, 1.54) is 6.07 Å². The minimum absolute atomic E-state index is 0.0466. The van der Waals surface area contributed by atoms with Crippen LogP contribution in [0.3, 0.4) is 0 Å². The Morgan fingerprint density at radius 1 is 1.28 bits per heavy atom. The third kappa shape index (κ3) is 4.05. The molecular formula is C25H28FN3O3. The van der Waals surface area contributed by atoms with Gasteiger partial charge >= 0.3 is 0 Å². The van der Waals surface area contributed by atoms with E-state index < -0.39 is 5.82 Å². The molecule has 0 saturated carbocycles. The maximum absolute atomic E-state index is 15.5. The highest BCUT2D eigenvalue weighted by molar-refractivity contribution is 5.98. The molecule has 0 bridgehead atoms. The first-order valence-corrected chi connectivity index (χ1v) is 11.0. The number of Topliss-reactive ketones (excluding diaryl/α,β-unsaturated/α-hetero) is 1. The third-order valence-corrected chi connectivity index (χ3v) is 6.17. The van der Waals surface area contributed by atoms with Crippen LogP contribution >= 0.6 is 0 Å². The minimum Gasteiger partial charge on any atom is -0.370 e. The molecule has 1 aromatic carbocycles. The molecule has 1 aliphatic rings. The van der Waals surface area contributed by atoms with Crippen molar-refractivity contribution in [2.24, 2.45) is 5.92 Å². The number of carbonyl (C=O) groups is 2. The van der Waals surface area contributed by atoms with Gasteiger partial charge in [0, 0.05) is 29.8 Å². The number of morpholine rings is 1. The number of imidazole rings is 1. The molecule has 168 valence electrons. The zero-order chi connectivity index (χ0) is 23.0. The Morgan fingerprint density at radius 2 is 2.06 bits per heavy atom. The highest BCUT2D eigenvalue weighted by Crippen LogP contribution is 2.32. The number of ketones is 1. The lowest BCUT2D eigenvalue weighted by Gasteiger charge is -2.27. The van der Waals surface area contributed by atoms with Gasteiger partial charge in [0.2, 0.25) is 5.91 Å². The Kier molecular flexibility index (Phi) is 6.11. The largest absolute Gasteiger partial charge is 0.370 e. The number of hydrogen-bond acceptors (Lipinski definition) is 4. The average molecular weight is 438 g/mol. The Morgan fingerprint density at radius 3 is 2.75 bits per heavy atom. The summed E-state index contributed by atoms with van der Waals surface area (Å²) < 4.78 is 22.6. The van der Waals surface area contributed by atoms with E-state index in [2.05, 4.69) is 0 Å². The quantitative estimate of drug-likeness (QED) is 0.538. The number of amides is 1. The second-order valence-electron chi connectivity index (χ2n) is 8.53. The van der Waals surface area contributed by atoms with E-state index in [9.17, 15) is 9.59 Å². The number of carbonyl (C=O) groups excluding carboxylic acids is 2. The van der Waals surface area contributed by atoms with Gasteiger partial charge in [-0.1, -0.05) is 13.8 Å². The second-order valence-corrected chi connectivity index (χ2v) is 8.53. The molecule has 1 aliphatic heterocycles. The van der Waals surface area contributed by atoms with Crippen molar-refractivity contribution in [1.82, 2.24) is 14.3 Å². The first kappa shape index (κ1) is 22.1. The predicted octanol–water partition coefficient (Wildman–Crippen LogP) is 4.34. The van der Waals surface area contributed by atoms with E-state index in [1.54, 1.807) is 17.9 Å². The maximum Gasteiger partial charge on any atom is 0.248 e. The van der Waals surface area contributed by atoms with Crippen molar-refractivity contribution in [3.05, 3.63) is 58.7 Å². The molecule has 3 aromatic rings. The first-order chi connectivity index (χ1) is 15.3. The normalized spacial score (nSPS) is 15.4. The van der Waals surface area contributed by atoms with Crippen LogP contribution in [0.2, 0.25) is 0 Å². The van der Waals surface area contributed by atoms with Crippen molar-refractivity contribution in [3.8, 4) is 11.3 Å². The number of hydrogen-bond donors (Lipinski definition) is 0. The van der Waals surface area contributed by atoms with Crippen LogP contribution in [0, 0.1) is 25.6 Å². The molecule has 0 spiro atoms. The number of halogens is 1. The van der Waals surface area contributed by atoms with E-state index >= 15 is 4.39 Å². The Balaban J connectivity index is 1.85. The highest BCUT2D eigenvalue weighted by Gasteiger charge is 2.26. The number of fused-ring (bicyclic) bond motifs is 1. The van der Waals surface area contributed by atoms with Crippen molar-refractivity contribution in [3.63, 3.8) is 0 Å². The van der Waals surface area contributed by atoms with Gasteiger partial charge in [0.25, 0.3) is 0 Å². The summed E-state index contributed by atoms with van der Waals surface area (Å²) in [6, 6.07) is 6.95. The van der Waals surface area contributed by atoms with Crippen molar-refractivity contribution >= 4 is 17.3 Å². The molecular weight excluding hydrogens is 409 g/mol. The number of benzene rings is 1. The topological polar surface area (TPSA) is 63.9 Å². The van der Waals surface area contributed by atoms with Crippen LogP contribution in [-0.4, -0.2) is 45.7 Å². The summed E-state index contributed by atoms with van der Waals surface area (Å²) in [5.74, 6) is -0.811. The smallest absolute Gasteiger partial charge is 0.248 e. The SMILES string of the molecule is CCC(C)C(=O)c1cc(C)c(-c2nc3cc(C)ccn3c2CN2CCOCC2=O)c(F)c1. The molecule has 6 nitrogen and oxygen atoms in total. The molecule has 1 atom stereocenters. The molecule has 0 aliphatic carbocycles. The highest BCUT2D eigenvalue weighted by atomic mass is 19.1. The zero-order valence-electron chi connectivity index (χ0n) is 18.9. The maximum atomic E-state index is 15.5. The van der Waals surface area contributed by atoms with Gasteiger partial charge in [-0.15, -0.1) is 0 Å². The number of rotatable bonds is 6. The van der Waals surface area contributed by atoms with Crippen molar-refractivity contribution in [2.75, 3.05) is 19.8 Å². The van der Waals surface area contributed by atoms with E-state index in [4.69, 9.17) is 9.72 Å². The number of pyridine rings is 1. The molecule has 1 fully saturated rings. The number of aromatic nitrogens is 2. The third-order valence-electron chi connectivity index (χ3n) is 6.17. The van der Waals surface area contributed by atoms with Gasteiger partial charge in [0.1, 0.15) is 18.1 Å². The van der Waals surface area contributed by atoms with Gasteiger partial charge in [0.05, 0.1) is 24.5 Å². The van der Waals surface area contributed by atoms with Gasteiger partial charge in [-0.2, -0.15) is 0 Å². The van der Waals surface area contributed by atoms with E-state index in [0.29, 0.717) is 54.1 Å². The number of ether oxygens (including phenoxy) is 1. The summed E-state index contributed by atoms with van der Waals surface area (Å²) in [4.78, 5) is 31.5. The molecule has 7 heteroatoms. The van der Waals surface area contributed by atoms with E-state index in [0.717, 1.165) is 11.3 Å². The van der Waals surface area contributed by atoms with Crippen LogP contribution < -0.4 is 0 Å². The summed E-state index contributed by atoms with van der Waals surface area (Å²) in [7, 11) is 0. The fraction of sp³-hybridized carbons (Fsp3) is 0.400.